The van der Waals surface area contributed by atoms with Crippen LogP contribution in [-0.2, 0) is 16.1 Å². The molecule has 1 aromatic heterocycles. The van der Waals surface area contributed by atoms with Crippen LogP contribution in [0.2, 0.25) is 5.02 Å². The van der Waals surface area contributed by atoms with E-state index in [9.17, 15) is 9.59 Å². The molecule has 0 saturated heterocycles. The molecular weight excluding hydrogens is 654 g/mol. The Kier molecular flexibility index (Phi) is 9.16. The number of esters is 1. The van der Waals surface area contributed by atoms with Gasteiger partial charge < -0.3 is 14.2 Å². The van der Waals surface area contributed by atoms with Crippen molar-refractivity contribution in [1.82, 2.24) is 4.57 Å². The van der Waals surface area contributed by atoms with Gasteiger partial charge in [0.25, 0.3) is 5.56 Å². The predicted molar refractivity (Wildman–Crippen MR) is 168 cm³/mol. The summed E-state index contributed by atoms with van der Waals surface area (Å²) < 4.78 is 19.5. The summed E-state index contributed by atoms with van der Waals surface area (Å²) in [5, 5.41) is 9.53. The topological polar surface area (TPSA) is 103 Å². The standard InChI is InChI=1S/C32H25BrClN3O5S/c1-4-41-31(39)28-18(2)36-32-37(29(28)21-9-11-26(40-3)24(33)14-21)30(38)27(43-32)15-22-13-23(34)10-12-25(22)42-17-20-7-5-19(16-35)6-8-20/h5-15,29H,4,17H2,1-3H3/b27-15+/t29-/m1/s1. The smallest absolute Gasteiger partial charge is 0.338 e. The van der Waals surface area contributed by atoms with E-state index in [4.69, 9.17) is 31.1 Å². The Labute approximate surface area is 264 Å². The number of aromatic nitrogens is 1. The lowest BCUT2D eigenvalue weighted by Crippen LogP contribution is -2.40. The summed E-state index contributed by atoms with van der Waals surface area (Å²) in [7, 11) is 1.56. The van der Waals surface area contributed by atoms with Crippen LogP contribution in [-0.4, -0.2) is 24.3 Å². The number of ether oxygens (including phenoxy) is 3. The first-order valence-corrected chi connectivity index (χ1v) is 15.2. The molecule has 0 radical (unpaired) electrons. The molecule has 3 aromatic carbocycles. The quantitative estimate of drug-likeness (QED) is 0.223. The third kappa shape index (κ3) is 6.30. The van der Waals surface area contributed by atoms with Gasteiger partial charge in [-0.05, 0) is 89.4 Å². The van der Waals surface area contributed by atoms with E-state index >= 15 is 0 Å². The highest BCUT2D eigenvalue weighted by molar-refractivity contribution is 9.10. The Balaban J connectivity index is 1.61. The molecule has 0 unspecified atom stereocenters. The minimum absolute atomic E-state index is 0.180. The monoisotopic (exact) mass is 677 g/mol. The number of hydrogen-bond donors (Lipinski definition) is 0. The number of allylic oxidation sites excluding steroid dienone is 1. The number of benzene rings is 3. The number of thiazole rings is 1. The zero-order valence-electron chi connectivity index (χ0n) is 23.4. The third-order valence-electron chi connectivity index (χ3n) is 6.74. The lowest BCUT2D eigenvalue weighted by atomic mass is 9.96. The van der Waals surface area contributed by atoms with Crippen molar-refractivity contribution in [2.45, 2.75) is 26.5 Å². The minimum Gasteiger partial charge on any atom is -0.496 e. The average Bonchev–Trinajstić information content (AvgIpc) is 3.30. The highest BCUT2D eigenvalue weighted by atomic mass is 79.9. The van der Waals surface area contributed by atoms with E-state index in [1.165, 1.54) is 15.9 Å². The Hall–Kier alpha value is -4.17. The third-order valence-corrected chi connectivity index (χ3v) is 8.58. The molecule has 2 heterocycles. The maximum absolute atomic E-state index is 14.0. The molecule has 8 nitrogen and oxygen atoms in total. The first-order chi connectivity index (χ1) is 20.7. The molecular formula is C32H25BrClN3O5S. The van der Waals surface area contributed by atoms with Crippen LogP contribution in [0.25, 0.3) is 6.08 Å². The second-order valence-corrected chi connectivity index (χ2v) is 11.8. The van der Waals surface area contributed by atoms with Crippen LogP contribution in [0.15, 0.2) is 86.2 Å². The van der Waals surface area contributed by atoms with Gasteiger partial charge in [-0.15, -0.1) is 0 Å². The molecule has 0 saturated carbocycles. The molecule has 11 heteroatoms. The number of halogens is 2. The number of nitriles is 1. The van der Waals surface area contributed by atoms with Gasteiger partial charge in [0.2, 0.25) is 0 Å². The molecule has 1 aliphatic heterocycles. The molecule has 4 aromatic rings. The Morgan fingerprint density at radius 1 is 1.16 bits per heavy atom. The predicted octanol–water partition coefficient (Wildman–Crippen LogP) is 5.67. The van der Waals surface area contributed by atoms with Gasteiger partial charge in [0, 0.05) is 10.6 Å². The van der Waals surface area contributed by atoms with Gasteiger partial charge in [0.15, 0.2) is 4.80 Å². The van der Waals surface area contributed by atoms with E-state index in [0.717, 1.165) is 5.56 Å². The molecule has 5 rings (SSSR count). The minimum atomic E-state index is -0.772. The van der Waals surface area contributed by atoms with E-state index in [2.05, 4.69) is 27.0 Å². The number of fused-ring (bicyclic) bond motifs is 1. The van der Waals surface area contributed by atoms with Crippen molar-refractivity contribution in [3.63, 3.8) is 0 Å². The van der Waals surface area contributed by atoms with E-state index in [1.807, 2.05) is 24.3 Å². The van der Waals surface area contributed by atoms with Gasteiger partial charge in [0.05, 0.1) is 51.7 Å². The van der Waals surface area contributed by atoms with E-state index < -0.39 is 12.0 Å². The molecule has 218 valence electrons. The largest absolute Gasteiger partial charge is 0.496 e. The van der Waals surface area contributed by atoms with Crippen molar-refractivity contribution >= 4 is 50.9 Å². The van der Waals surface area contributed by atoms with Crippen LogP contribution < -0.4 is 24.4 Å². The second-order valence-electron chi connectivity index (χ2n) is 9.48. The van der Waals surface area contributed by atoms with Gasteiger partial charge in [-0.3, -0.25) is 9.36 Å². The number of nitrogens with zero attached hydrogens (tertiary/aromatic N) is 3. The second kappa shape index (κ2) is 13.0. The fourth-order valence-corrected chi connectivity index (χ4v) is 6.48. The van der Waals surface area contributed by atoms with Gasteiger partial charge in [-0.25, -0.2) is 9.79 Å². The first kappa shape index (κ1) is 30.3. The highest BCUT2D eigenvalue weighted by Crippen LogP contribution is 2.35. The zero-order valence-corrected chi connectivity index (χ0v) is 26.5. The summed E-state index contributed by atoms with van der Waals surface area (Å²) in [4.78, 5) is 32.3. The number of methoxy groups -OCH3 is 1. The van der Waals surface area contributed by atoms with Gasteiger partial charge in [0.1, 0.15) is 18.1 Å². The first-order valence-electron chi connectivity index (χ1n) is 13.2. The summed E-state index contributed by atoms with van der Waals surface area (Å²) >= 11 is 11.1. The number of rotatable bonds is 8. The van der Waals surface area contributed by atoms with Crippen molar-refractivity contribution in [2.24, 2.45) is 4.99 Å². The molecule has 1 atom stereocenters. The van der Waals surface area contributed by atoms with Crippen molar-refractivity contribution in [3.8, 4) is 17.6 Å². The summed E-state index contributed by atoms with van der Waals surface area (Å²) in [6.45, 7) is 3.90. The van der Waals surface area contributed by atoms with Crippen molar-refractivity contribution in [3.05, 3.63) is 123 Å². The molecule has 0 amide bonds. The molecule has 0 bridgehead atoms. The summed E-state index contributed by atoms with van der Waals surface area (Å²) in [6.07, 6.45) is 1.72. The normalized spacial score (nSPS) is 14.5. The number of carbonyl (C=O) groups excluding carboxylic acids is 1. The molecule has 0 aliphatic carbocycles. The molecule has 0 fully saturated rings. The van der Waals surface area contributed by atoms with Gasteiger partial charge in [-0.1, -0.05) is 41.1 Å². The van der Waals surface area contributed by atoms with E-state index in [0.29, 0.717) is 52.7 Å². The van der Waals surface area contributed by atoms with Crippen LogP contribution in [0.4, 0.5) is 0 Å². The summed E-state index contributed by atoms with van der Waals surface area (Å²) in [6, 6.07) is 19.0. The summed E-state index contributed by atoms with van der Waals surface area (Å²) in [5.41, 5.74) is 3.17. The fourth-order valence-electron chi connectivity index (χ4n) is 4.70. The Morgan fingerprint density at radius 3 is 2.58 bits per heavy atom. The maximum atomic E-state index is 14.0. The van der Waals surface area contributed by atoms with Crippen molar-refractivity contribution in [2.75, 3.05) is 13.7 Å². The lowest BCUT2D eigenvalue weighted by Gasteiger charge is -2.25. The van der Waals surface area contributed by atoms with Crippen LogP contribution in [0, 0.1) is 11.3 Å². The number of hydrogen-bond acceptors (Lipinski definition) is 8. The molecule has 0 N–H and O–H groups in total. The van der Waals surface area contributed by atoms with Crippen molar-refractivity contribution < 1.29 is 19.0 Å². The maximum Gasteiger partial charge on any atom is 0.338 e. The van der Waals surface area contributed by atoms with Crippen molar-refractivity contribution in [1.29, 1.82) is 5.26 Å². The van der Waals surface area contributed by atoms with E-state index in [1.54, 1.807) is 63.4 Å². The highest BCUT2D eigenvalue weighted by Gasteiger charge is 2.33. The molecule has 0 spiro atoms. The average molecular weight is 679 g/mol. The summed E-state index contributed by atoms with van der Waals surface area (Å²) in [5.74, 6) is 0.603. The molecule has 43 heavy (non-hydrogen) atoms. The zero-order chi connectivity index (χ0) is 30.7. The van der Waals surface area contributed by atoms with Crippen LogP contribution >= 0.6 is 38.9 Å². The Bertz CT molecular complexity index is 1980. The van der Waals surface area contributed by atoms with Crippen LogP contribution in [0.5, 0.6) is 11.5 Å². The SMILES string of the molecule is CCOC(=O)C1=C(C)N=c2s/c(=C/c3cc(Cl)ccc3OCc3ccc(C#N)cc3)c(=O)n2[C@@H]1c1ccc(OC)c(Br)c1. The van der Waals surface area contributed by atoms with Crippen LogP contribution in [0.3, 0.4) is 0 Å². The number of carbonyl (C=O) groups is 1. The lowest BCUT2D eigenvalue weighted by molar-refractivity contribution is -0.139. The Morgan fingerprint density at radius 2 is 1.91 bits per heavy atom. The molecule has 1 aliphatic rings. The van der Waals surface area contributed by atoms with E-state index in [-0.39, 0.29) is 24.3 Å². The van der Waals surface area contributed by atoms with Gasteiger partial charge >= 0.3 is 5.97 Å². The van der Waals surface area contributed by atoms with Gasteiger partial charge in [-0.2, -0.15) is 5.26 Å². The van der Waals surface area contributed by atoms with Crippen LogP contribution in [0.1, 0.15) is 42.1 Å². The fraction of sp³-hybridized carbons (Fsp3) is 0.188.